The van der Waals surface area contributed by atoms with Gasteiger partial charge in [-0.2, -0.15) is 5.26 Å². The van der Waals surface area contributed by atoms with Crippen molar-refractivity contribution in [2.45, 2.75) is 44.3 Å². The van der Waals surface area contributed by atoms with Gasteiger partial charge in [0.1, 0.15) is 17.4 Å². The SMILES string of the molecule is COc1cc(-c2nc3n(c(=O)c2C#N)CCCS3)cnc1C(C)(C)C. The van der Waals surface area contributed by atoms with E-state index in [1.807, 2.05) is 6.07 Å². The molecule has 0 radical (unpaired) electrons. The van der Waals surface area contributed by atoms with Crippen molar-refractivity contribution in [3.63, 3.8) is 0 Å². The van der Waals surface area contributed by atoms with E-state index in [1.54, 1.807) is 23.9 Å². The summed E-state index contributed by atoms with van der Waals surface area (Å²) in [5.74, 6) is 1.55. The molecule has 0 N–H and O–H groups in total. The molecule has 0 spiro atoms. The van der Waals surface area contributed by atoms with Gasteiger partial charge in [0.05, 0.1) is 18.5 Å². The summed E-state index contributed by atoms with van der Waals surface area (Å²) in [5.41, 5.74) is 1.40. The van der Waals surface area contributed by atoms with Crippen LogP contribution in [-0.4, -0.2) is 27.4 Å². The molecule has 0 saturated carbocycles. The number of hydrogen-bond acceptors (Lipinski definition) is 6. The summed E-state index contributed by atoms with van der Waals surface area (Å²) in [4.78, 5) is 21.8. The Labute approximate surface area is 150 Å². The van der Waals surface area contributed by atoms with Crippen LogP contribution >= 0.6 is 11.8 Å². The van der Waals surface area contributed by atoms with Crippen LogP contribution in [0, 0.1) is 11.3 Å². The van der Waals surface area contributed by atoms with E-state index in [-0.39, 0.29) is 16.5 Å². The Bertz CT molecular complexity index is 922. The fraction of sp³-hybridized carbons (Fsp3) is 0.444. The van der Waals surface area contributed by atoms with Gasteiger partial charge in [-0.15, -0.1) is 0 Å². The number of hydrogen-bond donors (Lipinski definition) is 0. The molecule has 7 heteroatoms. The van der Waals surface area contributed by atoms with Crippen LogP contribution in [0.5, 0.6) is 5.75 Å². The third-order valence-electron chi connectivity index (χ3n) is 4.06. The van der Waals surface area contributed by atoms with Gasteiger partial charge in [0.25, 0.3) is 5.56 Å². The highest BCUT2D eigenvalue weighted by Crippen LogP contribution is 2.33. The van der Waals surface area contributed by atoms with Crippen molar-refractivity contribution in [3.05, 3.63) is 33.9 Å². The Morgan fingerprint density at radius 2 is 2.16 bits per heavy atom. The Kier molecular flexibility index (Phi) is 4.56. The minimum Gasteiger partial charge on any atom is -0.495 e. The van der Waals surface area contributed by atoms with E-state index in [1.165, 1.54) is 11.8 Å². The molecule has 2 aromatic heterocycles. The summed E-state index contributed by atoms with van der Waals surface area (Å²) in [7, 11) is 1.59. The number of nitrogens with zero attached hydrogens (tertiary/aromatic N) is 4. The molecule has 25 heavy (non-hydrogen) atoms. The Hall–Kier alpha value is -2.33. The summed E-state index contributed by atoms with van der Waals surface area (Å²) >= 11 is 1.54. The molecule has 0 atom stereocenters. The molecular weight excluding hydrogens is 336 g/mol. The number of ether oxygens (including phenoxy) is 1. The molecule has 0 saturated heterocycles. The van der Waals surface area contributed by atoms with E-state index in [4.69, 9.17) is 4.74 Å². The molecule has 0 aromatic carbocycles. The molecule has 130 valence electrons. The van der Waals surface area contributed by atoms with Crippen LogP contribution in [0.15, 0.2) is 22.2 Å². The van der Waals surface area contributed by atoms with Crippen LogP contribution in [0.3, 0.4) is 0 Å². The summed E-state index contributed by atoms with van der Waals surface area (Å²) in [6.07, 6.45) is 2.56. The van der Waals surface area contributed by atoms with Crippen LogP contribution in [0.25, 0.3) is 11.3 Å². The summed E-state index contributed by atoms with van der Waals surface area (Å²) in [5, 5.41) is 10.2. The quantitative estimate of drug-likeness (QED) is 0.770. The van der Waals surface area contributed by atoms with E-state index >= 15 is 0 Å². The molecule has 0 unspecified atom stereocenters. The molecule has 3 heterocycles. The minimum atomic E-state index is -0.284. The van der Waals surface area contributed by atoms with Crippen molar-refractivity contribution in [1.82, 2.24) is 14.5 Å². The van der Waals surface area contributed by atoms with Crippen LogP contribution in [0.4, 0.5) is 0 Å². The molecule has 0 amide bonds. The Morgan fingerprint density at radius 1 is 1.40 bits per heavy atom. The van der Waals surface area contributed by atoms with E-state index in [9.17, 15) is 10.1 Å². The number of thioether (sulfide) groups is 1. The Morgan fingerprint density at radius 3 is 2.80 bits per heavy atom. The first kappa shape index (κ1) is 17.5. The van der Waals surface area contributed by atoms with Crippen LogP contribution in [-0.2, 0) is 12.0 Å². The zero-order valence-corrected chi connectivity index (χ0v) is 15.6. The van der Waals surface area contributed by atoms with Gasteiger partial charge in [-0.3, -0.25) is 14.3 Å². The van der Waals surface area contributed by atoms with Gasteiger partial charge in [-0.05, 0) is 12.5 Å². The molecule has 3 rings (SSSR count). The van der Waals surface area contributed by atoms with E-state index in [0.717, 1.165) is 17.9 Å². The zero-order chi connectivity index (χ0) is 18.2. The van der Waals surface area contributed by atoms with E-state index in [2.05, 4.69) is 30.7 Å². The predicted octanol–water partition coefficient (Wildman–Crippen LogP) is 2.98. The molecule has 1 aliphatic heterocycles. The van der Waals surface area contributed by atoms with Gasteiger partial charge >= 0.3 is 0 Å². The predicted molar refractivity (Wildman–Crippen MR) is 97.0 cm³/mol. The van der Waals surface area contributed by atoms with Gasteiger partial charge in [-0.1, -0.05) is 32.5 Å². The number of rotatable bonds is 2. The highest BCUT2D eigenvalue weighted by Gasteiger charge is 2.24. The third kappa shape index (κ3) is 3.14. The second-order valence-corrected chi connectivity index (χ2v) is 7.98. The van der Waals surface area contributed by atoms with Gasteiger partial charge < -0.3 is 4.74 Å². The first-order valence-corrected chi connectivity index (χ1v) is 9.08. The van der Waals surface area contributed by atoms with Gasteiger partial charge in [-0.25, -0.2) is 4.98 Å². The zero-order valence-electron chi connectivity index (χ0n) is 14.8. The van der Waals surface area contributed by atoms with E-state index < -0.39 is 0 Å². The molecule has 2 aromatic rings. The lowest BCUT2D eigenvalue weighted by atomic mass is 9.90. The minimum absolute atomic E-state index is 0.0543. The number of nitriles is 1. The lowest BCUT2D eigenvalue weighted by Crippen LogP contribution is -2.29. The van der Waals surface area contributed by atoms with Gasteiger partial charge in [0.15, 0.2) is 5.16 Å². The second-order valence-electron chi connectivity index (χ2n) is 6.91. The number of methoxy groups -OCH3 is 1. The molecule has 0 aliphatic carbocycles. The number of aromatic nitrogens is 3. The van der Waals surface area contributed by atoms with Crippen LogP contribution in [0.1, 0.15) is 38.4 Å². The molecule has 1 aliphatic rings. The van der Waals surface area contributed by atoms with Crippen molar-refractivity contribution in [3.8, 4) is 23.1 Å². The fourth-order valence-corrected chi connectivity index (χ4v) is 3.77. The lowest BCUT2D eigenvalue weighted by Gasteiger charge is -2.22. The molecular formula is C18H20N4O2S. The van der Waals surface area contributed by atoms with Crippen molar-refractivity contribution < 1.29 is 4.74 Å². The normalized spacial score (nSPS) is 13.9. The molecule has 0 fully saturated rings. The second kappa shape index (κ2) is 6.52. The maximum atomic E-state index is 12.7. The van der Waals surface area contributed by atoms with Crippen molar-refractivity contribution in [2.75, 3.05) is 12.9 Å². The largest absolute Gasteiger partial charge is 0.495 e. The van der Waals surface area contributed by atoms with Crippen molar-refractivity contribution >= 4 is 11.8 Å². The summed E-state index contributed by atoms with van der Waals surface area (Å²) in [6.45, 7) is 6.77. The van der Waals surface area contributed by atoms with Gasteiger partial charge in [0, 0.05) is 29.5 Å². The first-order chi connectivity index (χ1) is 11.9. The van der Waals surface area contributed by atoms with Crippen molar-refractivity contribution in [2.24, 2.45) is 0 Å². The van der Waals surface area contributed by atoms with Crippen LogP contribution < -0.4 is 10.3 Å². The smallest absolute Gasteiger partial charge is 0.272 e. The standard InChI is InChI=1S/C18H20N4O2S/c1-18(2,3)15-13(24-4)8-11(10-20-15)14-12(9-19)16(23)22-6-5-7-25-17(22)21-14/h8,10H,5-7H2,1-4H3. The van der Waals surface area contributed by atoms with Gasteiger partial charge in [0.2, 0.25) is 0 Å². The van der Waals surface area contributed by atoms with Crippen molar-refractivity contribution in [1.29, 1.82) is 5.26 Å². The maximum absolute atomic E-state index is 12.7. The summed E-state index contributed by atoms with van der Waals surface area (Å²) < 4.78 is 7.08. The third-order valence-corrected chi connectivity index (χ3v) is 5.12. The lowest BCUT2D eigenvalue weighted by molar-refractivity contribution is 0.392. The Balaban J connectivity index is 2.22. The number of pyridine rings is 1. The number of fused-ring (bicyclic) bond motifs is 1. The molecule has 0 bridgehead atoms. The average molecular weight is 356 g/mol. The topological polar surface area (TPSA) is 80.8 Å². The fourth-order valence-electron chi connectivity index (χ4n) is 2.83. The van der Waals surface area contributed by atoms with E-state index in [0.29, 0.717) is 28.7 Å². The average Bonchev–Trinajstić information content (AvgIpc) is 2.60. The monoisotopic (exact) mass is 356 g/mol. The highest BCUT2D eigenvalue weighted by molar-refractivity contribution is 7.99. The maximum Gasteiger partial charge on any atom is 0.272 e. The highest BCUT2D eigenvalue weighted by atomic mass is 32.2. The summed E-state index contributed by atoms with van der Waals surface area (Å²) in [6, 6.07) is 3.83. The first-order valence-electron chi connectivity index (χ1n) is 8.09. The van der Waals surface area contributed by atoms with Crippen LogP contribution in [0.2, 0.25) is 0 Å². The molecule has 6 nitrogen and oxygen atoms in total.